The van der Waals surface area contributed by atoms with E-state index in [9.17, 15) is 9.18 Å². The van der Waals surface area contributed by atoms with E-state index >= 15 is 0 Å². The first-order chi connectivity index (χ1) is 11.6. The van der Waals surface area contributed by atoms with Gasteiger partial charge in [0.1, 0.15) is 5.82 Å². The van der Waals surface area contributed by atoms with E-state index < -0.39 is 5.82 Å². The van der Waals surface area contributed by atoms with Gasteiger partial charge in [0, 0.05) is 29.6 Å². The minimum absolute atomic E-state index is 0.266. The van der Waals surface area contributed by atoms with Crippen molar-refractivity contribution in [2.75, 3.05) is 5.32 Å². The van der Waals surface area contributed by atoms with E-state index in [2.05, 4.69) is 15.5 Å². The number of nitrogens with one attached hydrogen (secondary N) is 1. The predicted molar refractivity (Wildman–Crippen MR) is 88.3 cm³/mol. The van der Waals surface area contributed by atoms with Gasteiger partial charge >= 0.3 is 0 Å². The molecule has 1 N–H and O–H groups in total. The molecule has 0 bridgehead atoms. The Labute approximate surface area is 138 Å². The molecule has 0 radical (unpaired) electrons. The molecule has 124 valence electrons. The van der Waals surface area contributed by atoms with Crippen LogP contribution in [0.25, 0.3) is 0 Å². The number of anilines is 1. The number of hydrogen-bond acceptors (Lipinski definition) is 3. The number of amides is 1. The lowest BCUT2D eigenvalue weighted by Gasteiger charge is -2.03. The normalized spacial score (nSPS) is 10.8. The van der Waals surface area contributed by atoms with E-state index in [4.69, 9.17) is 0 Å². The zero-order chi connectivity index (χ0) is 17.1. The molecule has 0 unspecified atom stereocenters. The molecule has 3 rings (SSSR count). The summed E-state index contributed by atoms with van der Waals surface area (Å²) < 4.78 is 16.8. The largest absolute Gasteiger partial charge is 0.319 e. The Morgan fingerprint density at radius 1 is 1.29 bits per heavy atom. The zero-order valence-corrected chi connectivity index (χ0v) is 13.5. The summed E-state index contributed by atoms with van der Waals surface area (Å²) in [5, 5.41) is 11.3. The molecule has 0 fully saturated rings. The van der Waals surface area contributed by atoms with Gasteiger partial charge < -0.3 is 5.32 Å². The highest BCUT2D eigenvalue weighted by Crippen LogP contribution is 2.13. The van der Waals surface area contributed by atoms with Crippen molar-refractivity contribution in [3.8, 4) is 0 Å². The first-order valence-corrected chi connectivity index (χ1v) is 7.67. The first-order valence-electron chi connectivity index (χ1n) is 7.67. The molecule has 0 aliphatic heterocycles. The van der Waals surface area contributed by atoms with Crippen molar-refractivity contribution >= 4 is 11.6 Å². The van der Waals surface area contributed by atoms with E-state index in [0.29, 0.717) is 12.2 Å². The van der Waals surface area contributed by atoms with E-state index in [1.54, 1.807) is 23.1 Å². The summed E-state index contributed by atoms with van der Waals surface area (Å²) in [5.74, 6) is -0.814. The summed E-state index contributed by atoms with van der Waals surface area (Å²) in [6, 6.07) is 5.56. The van der Waals surface area contributed by atoms with Crippen LogP contribution in [0.15, 0.2) is 42.9 Å². The summed E-state index contributed by atoms with van der Waals surface area (Å²) in [6.07, 6.45) is 5.13. The molecule has 1 amide bonds. The van der Waals surface area contributed by atoms with E-state index in [1.165, 1.54) is 18.2 Å². The third kappa shape index (κ3) is 3.34. The molecular weight excluding hydrogens is 309 g/mol. The number of hydrogen-bond donors (Lipinski definition) is 1. The first kappa shape index (κ1) is 15.9. The van der Waals surface area contributed by atoms with Crippen LogP contribution in [-0.2, 0) is 13.1 Å². The van der Waals surface area contributed by atoms with Gasteiger partial charge in [0.05, 0.1) is 24.6 Å². The van der Waals surface area contributed by atoms with Crippen LogP contribution in [0.4, 0.5) is 10.1 Å². The van der Waals surface area contributed by atoms with Crippen LogP contribution in [0.1, 0.15) is 28.5 Å². The Morgan fingerprint density at radius 2 is 2.12 bits per heavy atom. The highest BCUT2D eigenvalue weighted by atomic mass is 19.1. The molecule has 0 saturated heterocycles. The molecule has 2 aromatic heterocycles. The Kier molecular flexibility index (Phi) is 4.41. The van der Waals surface area contributed by atoms with E-state index in [1.807, 2.05) is 24.7 Å². The molecule has 7 heteroatoms. The number of rotatable bonds is 5. The second-order valence-electron chi connectivity index (χ2n) is 5.46. The number of carbonyl (C=O) groups is 1. The van der Waals surface area contributed by atoms with Crippen molar-refractivity contribution in [2.24, 2.45) is 0 Å². The maximum atomic E-state index is 13.2. The smallest absolute Gasteiger partial charge is 0.255 e. The van der Waals surface area contributed by atoms with Crippen LogP contribution in [0.2, 0.25) is 0 Å². The van der Waals surface area contributed by atoms with Crippen molar-refractivity contribution < 1.29 is 9.18 Å². The fourth-order valence-corrected chi connectivity index (χ4v) is 2.48. The maximum absolute atomic E-state index is 13.2. The molecular formula is C17H18FN5O. The molecule has 0 saturated carbocycles. The third-order valence-electron chi connectivity index (χ3n) is 3.81. The summed E-state index contributed by atoms with van der Waals surface area (Å²) in [7, 11) is 0. The molecule has 0 aliphatic rings. The molecule has 0 atom stereocenters. The van der Waals surface area contributed by atoms with Crippen molar-refractivity contribution in [3.05, 3.63) is 65.5 Å². The van der Waals surface area contributed by atoms with E-state index in [-0.39, 0.29) is 11.5 Å². The second-order valence-corrected chi connectivity index (χ2v) is 5.46. The predicted octanol–water partition coefficient (Wildman–Crippen LogP) is 2.85. The molecule has 24 heavy (non-hydrogen) atoms. The topological polar surface area (TPSA) is 64.7 Å². The quantitative estimate of drug-likeness (QED) is 0.784. The molecule has 0 spiro atoms. The van der Waals surface area contributed by atoms with Gasteiger partial charge in [-0.2, -0.15) is 10.2 Å². The monoisotopic (exact) mass is 327 g/mol. The molecule has 3 aromatic rings. The minimum Gasteiger partial charge on any atom is -0.319 e. The Balaban J connectivity index is 1.69. The van der Waals surface area contributed by atoms with Gasteiger partial charge in [-0.1, -0.05) is 6.07 Å². The van der Waals surface area contributed by atoms with Crippen LogP contribution in [0.3, 0.4) is 0 Å². The lowest BCUT2D eigenvalue weighted by molar-refractivity contribution is 0.102. The zero-order valence-electron chi connectivity index (χ0n) is 13.5. The van der Waals surface area contributed by atoms with Crippen LogP contribution in [0, 0.1) is 12.7 Å². The van der Waals surface area contributed by atoms with Crippen molar-refractivity contribution in [1.29, 1.82) is 0 Å². The van der Waals surface area contributed by atoms with Gasteiger partial charge in [-0.3, -0.25) is 14.2 Å². The summed E-state index contributed by atoms with van der Waals surface area (Å²) in [5.41, 5.74) is 2.99. The highest BCUT2D eigenvalue weighted by Gasteiger charge is 2.10. The summed E-state index contributed by atoms with van der Waals surface area (Å²) >= 11 is 0. The van der Waals surface area contributed by atoms with Gasteiger partial charge in [-0.25, -0.2) is 4.39 Å². The molecule has 6 nitrogen and oxygen atoms in total. The van der Waals surface area contributed by atoms with Gasteiger partial charge in [0.15, 0.2) is 0 Å². The van der Waals surface area contributed by atoms with Crippen molar-refractivity contribution in [3.63, 3.8) is 0 Å². The fourth-order valence-electron chi connectivity index (χ4n) is 2.48. The lowest BCUT2D eigenvalue weighted by Crippen LogP contribution is -2.11. The summed E-state index contributed by atoms with van der Waals surface area (Å²) in [6.45, 7) is 5.45. The lowest BCUT2D eigenvalue weighted by atomic mass is 10.2. The molecule has 2 heterocycles. The number of nitrogens with zero attached hydrogens (tertiary/aromatic N) is 4. The Morgan fingerprint density at radius 3 is 2.83 bits per heavy atom. The second kappa shape index (κ2) is 6.66. The van der Waals surface area contributed by atoms with Crippen molar-refractivity contribution in [1.82, 2.24) is 19.6 Å². The van der Waals surface area contributed by atoms with E-state index in [0.717, 1.165) is 17.8 Å². The third-order valence-corrected chi connectivity index (χ3v) is 3.81. The van der Waals surface area contributed by atoms with Gasteiger partial charge in [-0.05, 0) is 32.0 Å². The average Bonchev–Trinajstić information content (AvgIpc) is 3.15. The van der Waals surface area contributed by atoms with Crippen LogP contribution >= 0.6 is 0 Å². The maximum Gasteiger partial charge on any atom is 0.255 e. The number of aryl methyl sites for hydroxylation is 1. The highest BCUT2D eigenvalue weighted by molar-refractivity contribution is 6.04. The number of benzene rings is 1. The SMILES string of the molecule is CCn1ncc(Cn2cc(NC(=O)c3cccc(F)c3)cn2)c1C. The van der Waals surface area contributed by atoms with Crippen molar-refractivity contribution in [2.45, 2.75) is 26.9 Å². The minimum atomic E-state index is -0.443. The number of carbonyl (C=O) groups excluding carboxylic acids is 1. The number of aromatic nitrogens is 4. The fraction of sp³-hybridized carbons (Fsp3) is 0.235. The van der Waals surface area contributed by atoms with Gasteiger partial charge in [0.25, 0.3) is 5.91 Å². The summed E-state index contributed by atoms with van der Waals surface area (Å²) in [4.78, 5) is 12.1. The van der Waals surface area contributed by atoms with Gasteiger partial charge in [0.2, 0.25) is 0 Å². The molecule has 1 aromatic carbocycles. The van der Waals surface area contributed by atoms with Gasteiger partial charge in [-0.15, -0.1) is 0 Å². The van der Waals surface area contributed by atoms with Crippen LogP contribution in [-0.4, -0.2) is 25.5 Å². The molecule has 0 aliphatic carbocycles. The Bertz CT molecular complexity index is 868. The van der Waals surface area contributed by atoms with Crippen LogP contribution < -0.4 is 5.32 Å². The van der Waals surface area contributed by atoms with Crippen LogP contribution in [0.5, 0.6) is 0 Å². The average molecular weight is 327 g/mol. The number of halogens is 1. The standard InChI is InChI=1S/C17H18FN5O/c1-3-23-12(2)14(8-20-23)10-22-11-16(9-19-22)21-17(24)13-5-4-6-15(18)7-13/h4-9,11H,3,10H2,1-2H3,(H,21,24). The Hall–Kier alpha value is -2.96.